The molecular formula is C16H19N3O4S. The predicted octanol–water partition coefficient (Wildman–Crippen LogP) is 0.869. The van der Waals surface area contributed by atoms with Crippen molar-refractivity contribution in [3.63, 3.8) is 0 Å². The van der Waals surface area contributed by atoms with Crippen molar-refractivity contribution in [2.45, 2.75) is 30.9 Å². The van der Waals surface area contributed by atoms with Crippen LogP contribution >= 0.6 is 0 Å². The number of aromatic nitrogens is 2. The maximum absolute atomic E-state index is 12.4. The molecule has 1 aromatic heterocycles. The van der Waals surface area contributed by atoms with Crippen molar-refractivity contribution in [2.75, 3.05) is 19.8 Å². The zero-order valence-electron chi connectivity index (χ0n) is 13.2. The normalized spacial score (nSPS) is 16.5. The number of hydrogen-bond donors (Lipinski definition) is 1. The molecule has 2 aromatic rings. The van der Waals surface area contributed by atoms with Crippen LogP contribution < -0.4 is 9.46 Å². The molecule has 3 heterocycles. The first kappa shape index (κ1) is 15.6. The molecule has 0 bridgehead atoms. The number of fused-ring (bicyclic) bond motifs is 2. The number of rotatable bonds is 5. The van der Waals surface area contributed by atoms with E-state index in [4.69, 9.17) is 9.47 Å². The zero-order valence-corrected chi connectivity index (χ0v) is 14.0. The molecule has 4 rings (SSSR count). The molecule has 0 saturated heterocycles. The van der Waals surface area contributed by atoms with Crippen molar-refractivity contribution in [1.82, 2.24) is 14.5 Å². The largest absolute Gasteiger partial charge is 0.493 e. The molecule has 128 valence electrons. The van der Waals surface area contributed by atoms with Crippen LogP contribution in [-0.2, 0) is 40.8 Å². The van der Waals surface area contributed by atoms with Gasteiger partial charge in [0.15, 0.2) is 0 Å². The van der Waals surface area contributed by atoms with Gasteiger partial charge in [-0.2, -0.15) is 5.10 Å². The van der Waals surface area contributed by atoms with Crippen molar-refractivity contribution in [3.8, 4) is 5.75 Å². The first-order valence-electron chi connectivity index (χ1n) is 8.00. The molecule has 2 aliphatic heterocycles. The Morgan fingerprint density at radius 3 is 3.04 bits per heavy atom. The Bertz CT molecular complexity index is 860. The summed E-state index contributed by atoms with van der Waals surface area (Å²) in [5, 5.41) is 4.32. The number of nitrogens with one attached hydrogen (secondary N) is 1. The maximum Gasteiger partial charge on any atom is 0.240 e. The Kier molecular flexibility index (Phi) is 4.03. The third-order valence-electron chi connectivity index (χ3n) is 4.36. The van der Waals surface area contributed by atoms with Crippen LogP contribution in [0.25, 0.3) is 0 Å². The third-order valence-corrected chi connectivity index (χ3v) is 5.82. The summed E-state index contributed by atoms with van der Waals surface area (Å²) in [6.45, 7) is 2.67. The maximum atomic E-state index is 12.4. The van der Waals surface area contributed by atoms with Crippen molar-refractivity contribution < 1.29 is 17.9 Å². The fourth-order valence-corrected chi connectivity index (χ4v) is 4.17. The summed E-state index contributed by atoms with van der Waals surface area (Å²) >= 11 is 0. The number of ether oxygens (including phenoxy) is 2. The average molecular weight is 349 g/mol. The Labute approximate surface area is 140 Å². The molecule has 1 N–H and O–H groups in total. The van der Waals surface area contributed by atoms with E-state index < -0.39 is 10.0 Å². The minimum atomic E-state index is -3.53. The van der Waals surface area contributed by atoms with Crippen LogP contribution in [0.1, 0.15) is 16.8 Å². The molecular weight excluding hydrogens is 330 g/mol. The summed E-state index contributed by atoms with van der Waals surface area (Å²) in [6.07, 6.45) is 3.36. The smallest absolute Gasteiger partial charge is 0.240 e. The molecule has 0 fully saturated rings. The molecule has 1 aromatic carbocycles. The molecule has 24 heavy (non-hydrogen) atoms. The number of nitrogens with zero attached hydrogens (tertiary/aromatic N) is 2. The second kappa shape index (κ2) is 6.19. The lowest BCUT2D eigenvalue weighted by Gasteiger charge is -2.15. The summed E-state index contributed by atoms with van der Waals surface area (Å²) in [6, 6.07) is 5.00. The second-order valence-corrected chi connectivity index (χ2v) is 7.67. The highest BCUT2D eigenvalue weighted by Gasteiger charge is 2.20. The van der Waals surface area contributed by atoms with Crippen molar-refractivity contribution in [1.29, 1.82) is 0 Å². The Hall–Kier alpha value is -1.90. The van der Waals surface area contributed by atoms with Crippen molar-refractivity contribution in [2.24, 2.45) is 0 Å². The lowest BCUT2D eigenvalue weighted by Crippen LogP contribution is -2.28. The predicted molar refractivity (Wildman–Crippen MR) is 86.4 cm³/mol. The van der Waals surface area contributed by atoms with Gasteiger partial charge in [-0.15, -0.1) is 0 Å². The van der Waals surface area contributed by atoms with E-state index in [-0.39, 0.29) is 4.90 Å². The van der Waals surface area contributed by atoms with Gasteiger partial charge in [-0.3, -0.25) is 4.68 Å². The van der Waals surface area contributed by atoms with Gasteiger partial charge in [0.2, 0.25) is 10.0 Å². The third kappa shape index (κ3) is 2.92. The molecule has 0 aliphatic carbocycles. The minimum Gasteiger partial charge on any atom is -0.493 e. The van der Waals surface area contributed by atoms with Gasteiger partial charge in [-0.1, -0.05) is 0 Å². The monoisotopic (exact) mass is 349 g/mol. The van der Waals surface area contributed by atoms with Gasteiger partial charge in [-0.05, 0) is 23.8 Å². The van der Waals surface area contributed by atoms with Gasteiger partial charge < -0.3 is 9.47 Å². The van der Waals surface area contributed by atoms with Crippen LogP contribution in [0.2, 0.25) is 0 Å². The van der Waals surface area contributed by atoms with Crippen molar-refractivity contribution in [3.05, 3.63) is 41.2 Å². The zero-order chi connectivity index (χ0) is 16.6. The average Bonchev–Trinajstić information content (AvgIpc) is 3.21. The SMILES string of the molecule is O=S(=O)(NCCn1ncc2c1CCOC2)c1ccc2c(c1)CCO2. The summed E-state index contributed by atoms with van der Waals surface area (Å²) in [4.78, 5) is 0.280. The lowest BCUT2D eigenvalue weighted by atomic mass is 10.2. The van der Waals surface area contributed by atoms with Gasteiger partial charge in [-0.25, -0.2) is 13.1 Å². The highest BCUT2D eigenvalue weighted by molar-refractivity contribution is 7.89. The van der Waals surface area contributed by atoms with Gasteiger partial charge in [0.25, 0.3) is 0 Å². The molecule has 0 amide bonds. The molecule has 0 radical (unpaired) electrons. The van der Waals surface area contributed by atoms with Crippen LogP contribution in [0.4, 0.5) is 0 Å². The Morgan fingerprint density at radius 1 is 1.21 bits per heavy atom. The fraction of sp³-hybridized carbons (Fsp3) is 0.438. The minimum absolute atomic E-state index is 0.280. The Morgan fingerprint density at radius 2 is 2.12 bits per heavy atom. The van der Waals surface area contributed by atoms with Gasteiger partial charge in [0.1, 0.15) is 5.75 Å². The van der Waals surface area contributed by atoms with Crippen LogP contribution in [-0.4, -0.2) is 38.0 Å². The van der Waals surface area contributed by atoms with Crippen LogP contribution in [0.5, 0.6) is 5.75 Å². The van der Waals surface area contributed by atoms with E-state index in [9.17, 15) is 8.42 Å². The van der Waals surface area contributed by atoms with Gasteiger partial charge in [0.05, 0.1) is 37.5 Å². The summed E-state index contributed by atoms with van der Waals surface area (Å²) in [5.41, 5.74) is 3.16. The molecule has 0 spiro atoms. The number of benzene rings is 1. The van der Waals surface area contributed by atoms with Crippen LogP contribution in [0.3, 0.4) is 0 Å². The van der Waals surface area contributed by atoms with E-state index in [2.05, 4.69) is 9.82 Å². The summed E-state index contributed by atoms with van der Waals surface area (Å²) in [7, 11) is -3.53. The van der Waals surface area contributed by atoms with Crippen LogP contribution in [0.15, 0.2) is 29.3 Å². The van der Waals surface area contributed by atoms with E-state index in [1.807, 2.05) is 4.68 Å². The molecule has 0 unspecified atom stereocenters. The standard InChI is InChI=1S/C16H19N3O4S/c20-24(21,14-1-2-16-12(9-14)3-8-23-16)18-5-6-19-15-4-7-22-11-13(15)10-17-19/h1-2,9-10,18H,3-8,11H2. The quantitative estimate of drug-likeness (QED) is 0.866. The topological polar surface area (TPSA) is 82.5 Å². The van der Waals surface area contributed by atoms with Crippen molar-refractivity contribution >= 4 is 10.0 Å². The highest BCUT2D eigenvalue weighted by atomic mass is 32.2. The highest BCUT2D eigenvalue weighted by Crippen LogP contribution is 2.27. The first-order chi connectivity index (χ1) is 11.6. The van der Waals surface area contributed by atoms with Gasteiger partial charge >= 0.3 is 0 Å². The lowest BCUT2D eigenvalue weighted by molar-refractivity contribution is 0.109. The molecule has 8 heteroatoms. The van der Waals surface area contributed by atoms with E-state index in [0.29, 0.717) is 32.9 Å². The second-order valence-electron chi connectivity index (χ2n) is 5.91. The summed E-state index contributed by atoms with van der Waals surface area (Å²) < 4.78 is 40.2. The van der Waals surface area contributed by atoms with Gasteiger partial charge in [0, 0.05) is 30.6 Å². The number of sulfonamides is 1. The molecule has 2 aliphatic rings. The van der Waals surface area contributed by atoms with E-state index >= 15 is 0 Å². The van der Waals surface area contributed by atoms with E-state index in [1.54, 1.807) is 24.4 Å². The summed E-state index contributed by atoms with van der Waals surface area (Å²) in [5.74, 6) is 0.777. The molecule has 0 saturated carbocycles. The van der Waals surface area contributed by atoms with Crippen LogP contribution in [0, 0.1) is 0 Å². The molecule has 7 nitrogen and oxygen atoms in total. The first-order valence-corrected chi connectivity index (χ1v) is 9.48. The number of hydrogen-bond acceptors (Lipinski definition) is 5. The Balaban J connectivity index is 1.42. The fourth-order valence-electron chi connectivity index (χ4n) is 3.10. The van der Waals surface area contributed by atoms with E-state index in [0.717, 1.165) is 35.4 Å². The molecule has 0 atom stereocenters. The van der Waals surface area contributed by atoms with E-state index in [1.165, 1.54) is 0 Å².